The van der Waals surface area contributed by atoms with Crippen molar-refractivity contribution in [3.05, 3.63) is 30.2 Å². The molecule has 3 nitrogen and oxygen atoms in total. The number of nitrogens with zero attached hydrogens (tertiary/aromatic N) is 1. The van der Waals surface area contributed by atoms with Gasteiger partial charge >= 0.3 is 0 Å². The maximum Gasteiger partial charge on any atom is 0.263 e. The van der Waals surface area contributed by atoms with Gasteiger partial charge in [0.25, 0.3) is 9.05 Å². The molecule has 0 saturated heterocycles. The van der Waals surface area contributed by atoms with Crippen molar-refractivity contribution < 1.29 is 12.8 Å². The molecule has 0 spiro atoms. The highest BCUT2D eigenvalue weighted by Gasteiger charge is 2.24. The van der Waals surface area contributed by atoms with Gasteiger partial charge in [-0.15, -0.1) is 0 Å². The maximum absolute atomic E-state index is 13.9. The molecule has 0 bridgehead atoms. The lowest BCUT2D eigenvalue weighted by molar-refractivity contribution is 0.279. The molecule has 0 unspecified atom stereocenters. The van der Waals surface area contributed by atoms with Crippen LogP contribution in [0.4, 0.5) is 4.39 Å². The van der Waals surface area contributed by atoms with E-state index in [4.69, 9.17) is 10.7 Å². The van der Waals surface area contributed by atoms with E-state index < -0.39 is 14.9 Å². The SMILES string of the molecule is O=S(=O)(Cl)c1cn(CC2CCC2)c2cccc(F)c12. The number of aromatic nitrogens is 1. The van der Waals surface area contributed by atoms with Gasteiger partial charge in [-0.3, -0.25) is 0 Å². The summed E-state index contributed by atoms with van der Waals surface area (Å²) < 4.78 is 38.8. The molecule has 1 saturated carbocycles. The highest BCUT2D eigenvalue weighted by Crippen LogP contribution is 2.33. The molecule has 102 valence electrons. The molecule has 1 aromatic heterocycles. The molecule has 0 atom stereocenters. The fourth-order valence-electron chi connectivity index (χ4n) is 2.56. The van der Waals surface area contributed by atoms with Crippen molar-refractivity contribution in [2.24, 2.45) is 5.92 Å². The van der Waals surface area contributed by atoms with Crippen molar-refractivity contribution in [1.82, 2.24) is 4.57 Å². The highest BCUT2D eigenvalue weighted by atomic mass is 35.7. The molecule has 0 radical (unpaired) electrons. The third-order valence-corrected chi connectivity index (χ3v) is 5.10. The van der Waals surface area contributed by atoms with Crippen LogP contribution in [0.3, 0.4) is 0 Å². The molecule has 0 aliphatic heterocycles. The van der Waals surface area contributed by atoms with E-state index in [2.05, 4.69) is 0 Å². The second-order valence-electron chi connectivity index (χ2n) is 5.01. The monoisotopic (exact) mass is 301 g/mol. The minimum Gasteiger partial charge on any atom is -0.346 e. The Balaban J connectivity index is 2.20. The largest absolute Gasteiger partial charge is 0.346 e. The highest BCUT2D eigenvalue weighted by molar-refractivity contribution is 8.14. The van der Waals surface area contributed by atoms with Gasteiger partial charge < -0.3 is 4.57 Å². The molecule has 2 aromatic rings. The second kappa shape index (κ2) is 4.49. The topological polar surface area (TPSA) is 39.1 Å². The Labute approximate surface area is 115 Å². The van der Waals surface area contributed by atoms with Crippen LogP contribution in [0.5, 0.6) is 0 Å². The van der Waals surface area contributed by atoms with E-state index >= 15 is 0 Å². The molecule has 1 aromatic carbocycles. The average molecular weight is 302 g/mol. The third kappa shape index (κ3) is 2.25. The van der Waals surface area contributed by atoms with Crippen LogP contribution in [0.1, 0.15) is 19.3 Å². The molecule has 0 N–H and O–H groups in total. The fourth-order valence-corrected chi connectivity index (χ4v) is 3.61. The van der Waals surface area contributed by atoms with E-state index in [9.17, 15) is 12.8 Å². The summed E-state index contributed by atoms with van der Waals surface area (Å²) in [6.07, 6.45) is 4.93. The van der Waals surface area contributed by atoms with Gasteiger partial charge in [-0.25, -0.2) is 12.8 Å². The third-order valence-electron chi connectivity index (χ3n) is 3.76. The predicted octanol–water partition coefficient (Wildman–Crippen LogP) is 3.51. The van der Waals surface area contributed by atoms with Gasteiger partial charge in [0.15, 0.2) is 0 Å². The van der Waals surface area contributed by atoms with Crippen molar-refractivity contribution in [1.29, 1.82) is 0 Å². The number of rotatable bonds is 3. The lowest BCUT2D eigenvalue weighted by Crippen LogP contribution is -2.17. The summed E-state index contributed by atoms with van der Waals surface area (Å²) in [5.74, 6) is -0.00571. The minimum absolute atomic E-state index is 0.0943. The fraction of sp³-hybridized carbons (Fsp3) is 0.385. The van der Waals surface area contributed by atoms with E-state index in [-0.39, 0.29) is 10.3 Å². The first-order valence-corrected chi connectivity index (χ1v) is 8.50. The minimum atomic E-state index is -3.94. The number of benzene rings is 1. The van der Waals surface area contributed by atoms with Gasteiger partial charge in [0.2, 0.25) is 0 Å². The Hall–Kier alpha value is -1.07. The van der Waals surface area contributed by atoms with Crippen LogP contribution in [0.15, 0.2) is 29.3 Å². The molecule has 1 heterocycles. The lowest BCUT2D eigenvalue weighted by Gasteiger charge is -2.26. The Bertz CT molecular complexity index is 734. The molecule has 1 fully saturated rings. The Morgan fingerprint density at radius 3 is 2.68 bits per heavy atom. The molecule has 6 heteroatoms. The Kier molecular flexibility index (Phi) is 3.06. The van der Waals surface area contributed by atoms with Gasteiger partial charge in [-0.1, -0.05) is 12.5 Å². The van der Waals surface area contributed by atoms with E-state index in [0.29, 0.717) is 18.0 Å². The molecule has 1 aliphatic carbocycles. The smallest absolute Gasteiger partial charge is 0.263 e. The van der Waals surface area contributed by atoms with Gasteiger partial charge in [0, 0.05) is 23.4 Å². The van der Waals surface area contributed by atoms with Crippen molar-refractivity contribution in [3.8, 4) is 0 Å². The van der Waals surface area contributed by atoms with Crippen LogP contribution in [0.25, 0.3) is 10.9 Å². The zero-order chi connectivity index (χ0) is 13.6. The van der Waals surface area contributed by atoms with E-state index in [0.717, 1.165) is 12.8 Å². The number of hydrogen-bond donors (Lipinski definition) is 0. The first kappa shape index (κ1) is 12.9. The van der Waals surface area contributed by atoms with Crippen LogP contribution in [0, 0.1) is 11.7 Å². The summed E-state index contributed by atoms with van der Waals surface area (Å²) in [5.41, 5.74) is 0.589. The van der Waals surface area contributed by atoms with Gasteiger partial charge in [-0.05, 0) is 30.9 Å². The lowest BCUT2D eigenvalue weighted by atomic mass is 9.85. The quantitative estimate of drug-likeness (QED) is 0.814. The summed E-state index contributed by atoms with van der Waals surface area (Å²) in [7, 11) is 1.46. The molecule has 0 amide bonds. The molecule has 19 heavy (non-hydrogen) atoms. The number of halogens is 2. The Morgan fingerprint density at radius 2 is 2.11 bits per heavy atom. The zero-order valence-electron chi connectivity index (χ0n) is 10.1. The van der Waals surface area contributed by atoms with Crippen LogP contribution in [-0.4, -0.2) is 13.0 Å². The molecular weight excluding hydrogens is 289 g/mol. The van der Waals surface area contributed by atoms with Gasteiger partial charge in [0.05, 0.1) is 10.9 Å². The molecule has 1 aliphatic rings. The van der Waals surface area contributed by atoms with E-state index in [1.54, 1.807) is 16.7 Å². The van der Waals surface area contributed by atoms with E-state index in [1.165, 1.54) is 18.7 Å². The summed E-state index contributed by atoms with van der Waals surface area (Å²) >= 11 is 0. The summed E-state index contributed by atoms with van der Waals surface area (Å²) in [6, 6.07) is 4.56. The predicted molar refractivity (Wildman–Crippen MR) is 72.3 cm³/mol. The average Bonchev–Trinajstić information content (AvgIpc) is 2.64. The number of fused-ring (bicyclic) bond motifs is 1. The second-order valence-corrected chi connectivity index (χ2v) is 7.55. The standard InChI is InChI=1S/C13H13ClFNO2S/c14-19(17,18)12-8-16(7-9-3-1-4-9)11-6-2-5-10(15)13(11)12/h2,5-6,8-9H,1,3-4,7H2. The normalized spacial score (nSPS) is 16.7. The van der Waals surface area contributed by atoms with Gasteiger partial charge in [-0.2, -0.15) is 0 Å². The maximum atomic E-state index is 13.9. The van der Waals surface area contributed by atoms with Crippen LogP contribution in [-0.2, 0) is 15.6 Å². The number of hydrogen-bond acceptors (Lipinski definition) is 2. The van der Waals surface area contributed by atoms with Crippen molar-refractivity contribution in [2.45, 2.75) is 30.7 Å². The zero-order valence-corrected chi connectivity index (χ0v) is 11.7. The van der Waals surface area contributed by atoms with Crippen molar-refractivity contribution in [3.63, 3.8) is 0 Å². The molecule has 3 rings (SSSR count). The Morgan fingerprint density at radius 1 is 1.37 bits per heavy atom. The van der Waals surface area contributed by atoms with Gasteiger partial charge in [0.1, 0.15) is 10.7 Å². The van der Waals surface area contributed by atoms with Crippen LogP contribution < -0.4 is 0 Å². The van der Waals surface area contributed by atoms with Crippen molar-refractivity contribution in [2.75, 3.05) is 0 Å². The van der Waals surface area contributed by atoms with E-state index in [1.807, 2.05) is 0 Å². The summed E-state index contributed by atoms with van der Waals surface area (Å²) in [4.78, 5) is -0.137. The van der Waals surface area contributed by atoms with Crippen LogP contribution in [0.2, 0.25) is 0 Å². The first-order chi connectivity index (χ1) is 8.97. The molecular formula is C13H13ClFNO2S. The summed E-state index contributed by atoms with van der Waals surface area (Å²) in [6.45, 7) is 0.715. The first-order valence-electron chi connectivity index (χ1n) is 6.19. The van der Waals surface area contributed by atoms with Crippen molar-refractivity contribution >= 4 is 30.6 Å². The summed E-state index contributed by atoms with van der Waals surface area (Å²) in [5, 5.41) is 0.0943. The van der Waals surface area contributed by atoms with Crippen LogP contribution >= 0.6 is 10.7 Å².